The van der Waals surface area contributed by atoms with Crippen LogP contribution in [0.4, 0.5) is 4.39 Å². The van der Waals surface area contributed by atoms with Crippen molar-refractivity contribution in [1.82, 2.24) is 4.90 Å². The number of carbonyl (C=O) groups is 2. The first-order chi connectivity index (χ1) is 11.3. The minimum Gasteiger partial charge on any atom is -0.368 e. The van der Waals surface area contributed by atoms with Gasteiger partial charge in [-0.15, -0.1) is 0 Å². The van der Waals surface area contributed by atoms with Crippen LogP contribution in [-0.2, 0) is 11.3 Å². The molecule has 5 nitrogen and oxygen atoms in total. The van der Waals surface area contributed by atoms with E-state index in [0.717, 1.165) is 5.56 Å². The monoisotopic (exact) mass is 349 g/mol. The van der Waals surface area contributed by atoms with E-state index in [2.05, 4.69) is 0 Å². The normalized spacial score (nSPS) is 22.1. The van der Waals surface area contributed by atoms with E-state index in [1.54, 1.807) is 18.2 Å². The van der Waals surface area contributed by atoms with Crippen LogP contribution >= 0.6 is 11.6 Å². The van der Waals surface area contributed by atoms with Gasteiger partial charge in [0.15, 0.2) is 0 Å². The van der Waals surface area contributed by atoms with Crippen molar-refractivity contribution in [3.63, 3.8) is 0 Å². The Balaban J connectivity index is 1.84. The number of amides is 2. The third-order valence-corrected chi connectivity index (χ3v) is 4.81. The molecule has 0 aromatic heterocycles. The predicted molar refractivity (Wildman–Crippen MR) is 88.7 cm³/mol. The third-order valence-electron chi connectivity index (χ3n) is 4.57. The van der Waals surface area contributed by atoms with Crippen molar-refractivity contribution in [1.29, 1.82) is 0 Å². The molecule has 1 aliphatic heterocycles. The summed E-state index contributed by atoms with van der Waals surface area (Å²) in [4.78, 5) is 26.0. The van der Waals surface area contributed by atoms with Gasteiger partial charge < -0.3 is 16.4 Å². The summed E-state index contributed by atoms with van der Waals surface area (Å²) >= 11 is 5.96. The molecule has 0 radical (unpaired) electrons. The van der Waals surface area contributed by atoms with Gasteiger partial charge in [0.1, 0.15) is 11.4 Å². The maximum Gasteiger partial charge on any atom is 0.254 e. The van der Waals surface area contributed by atoms with Crippen LogP contribution in [0.25, 0.3) is 0 Å². The molecular weight excluding hydrogens is 333 g/mol. The number of benzene rings is 1. The second-order valence-corrected chi connectivity index (χ2v) is 6.59. The lowest BCUT2D eigenvalue weighted by atomic mass is 9.79. The number of rotatable bonds is 4. The van der Waals surface area contributed by atoms with Gasteiger partial charge in [-0.05, 0) is 42.3 Å². The van der Waals surface area contributed by atoms with Crippen LogP contribution in [0, 0.1) is 5.92 Å². The molecule has 24 heavy (non-hydrogen) atoms. The Labute approximate surface area is 143 Å². The Morgan fingerprint density at radius 1 is 1.46 bits per heavy atom. The quantitative estimate of drug-likeness (QED) is 0.870. The largest absolute Gasteiger partial charge is 0.368 e. The second-order valence-electron chi connectivity index (χ2n) is 6.16. The first kappa shape index (κ1) is 16.7. The van der Waals surface area contributed by atoms with E-state index in [0.29, 0.717) is 17.1 Å². The van der Waals surface area contributed by atoms with Gasteiger partial charge in [-0.1, -0.05) is 17.7 Å². The molecule has 0 saturated carbocycles. The highest BCUT2D eigenvalue weighted by Gasteiger charge is 2.43. The van der Waals surface area contributed by atoms with Crippen molar-refractivity contribution in [2.24, 2.45) is 17.4 Å². The van der Waals surface area contributed by atoms with Crippen molar-refractivity contribution >= 4 is 23.4 Å². The van der Waals surface area contributed by atoms with Crippen LogP contribution < -0.4 is 11.5 Å². The maximum atomic E-state index is 13.2. The number of allylic oxidation sites excluding steroid dienone is 3. The third kappa shape index (κ3) is 2.83. The fourth-order valence-corrected chi connectivity index (χ4v) is 3.34. The van der Waals surface area contributed by atoms with Crippen molar-refractivity contribution in [2.45, 2.75) is 18.5 Å². The maximum absolute atomic E-state index is 13.2. The second kappa shape index (κ2) is 6.03. The van der Waals surface area contributed by atoms with Gasteiger partial charge in [0, 0.05) is 29.6 Å². The molecule has 1 aliphatic carbocycles. The molecule has 7 heteroatoms. The molecule has 2 aliphatic rings. The first-order valence-corrected chi connectivity index (χ1v) is 7.89. The summed E-state index contributed by atoms with van der Waals surface area (Å²) in [7, 11) is 0. The standard InChI is InChI=1S/C17H17ClFN3O2/c18-12-3-6-14-10(7-12)8-22(15(14)23)9-17(21,16(20)24)11-1-4-13(19)5-2-11/h1,3-7,11H,2,8-9,21H2,(H2,20,24). The highest BCUT2D eigenvalue weighted by atomic mass is 35.5. The zero-order valence-electron chi connectivity index (χ0n) is 12.8. The van der Waals surface area contributed by atoms with Gasteiger partial charge in [0.25, 0.3) is 5.91 Å². The van der Waals surface area contributed by atoms with Gasteiger partial charge in [-0.25, -0.2) is 4.39 Å². The molecule has 0 bridgehead atoms. The highest BCUT2D eigenvalue weighted by Crippen LogP contribution is 2.31. The Morgan fingerprint density at radius 2 is 2.21 bits per heavy atom. The minimum absolute atomic E-state index is 0.0437. The molecule has 2 atom stereocenters. The molecule has 0 spiro atoms. The highest BCUT2D eigenvalue weighted by molar-refractivity contribution is 6.30. The smallest absolute Gasteiger partial charge is 0.254 e. The van der Waals surface area contributed by atoms with Gasteiger partial charge in [0.05, 0.1) is 0 Å². The lowest BCUT2D eigenvalue weighted by Crippen LogP contribution is -2.63. The van der Waals surface area contributed by atoms with Crippen LogP contribution in [0.1, 0.15) is 22.3 Å². The fourth-order valence-electron chi connectivity index (χ4n) is 3.15. The molecule has 3 rings (SSSR count). The summed E-state index contributed by atoms with van der Waals surface area (Å²) in [5.74, 6) is -1.80. The van der Waals surface area contributed by atoms with Crippen LogP contribution in [0.15, 0.2) is 42.3 Å². The SMILES string of the molecule is NC(=O)C(N)(CN1Cc2cc(Cl)ccc2C1=O)C1C=CC(F)=CC1. The summed E-state index contributed by atoms with van der Waals surface area (Å²) in [5, 5.41) is 0.535. The lowest BCUT2D eigenvalue weighted by Gasteiger charge is -2.36. The average Bonchev–Trinajstić information content (AvgIpc) is 2.83. The van der Waals surface area contributed by atoms with E-state index < -0.39 is 17.4 Å². The van der Waals surface area contributed by atoms with Crippen molar-refractivity contribution < 1.29 is 14.0 Å². The average molecular weight is 350 g/mol. The van der Waals surface area contributed by atoms with E-state index >= 15 is 0 Å². The van der Waals surface area contributed by atoms with Gasteiger partial charge in [-0.3, -0.25) is 9.59 Å². The summed E-state index contributed by atoms with van der Waals surface area (Å²) in [6, 6.07) is 5.01. The number of primary amides is 1. The van der Waals surface area contributed by atoms with E-state index in [4.69, 9.17) is 23.1 Å². The van der Waals surface area contributed by atoms with Crippen molar-refractivity contribution in [2.75, 3.05) is 6.54 Å². The summed E-state index contributed by atoms with van der Waals surface area (Å²) in [6.07, 6.45) is 4.40. The molecular formula is C17H17ClFN3O2. The van der Waals surface area contributed by atoms with E-state index in [1.165, 1.54) is 23.1 Å². The van der Waals surface area contributed by atoms with Crippen LogP contribution in [0.5, 0.6) is 0 Å². The Bertz CT molecular complexity index is 777. The molecule has 126 valence electrons. The summed E-state index contributed by atoms with van der Waals surface area (Å²) in [6.45, 7) is 0.263. The van der Waals surface area contributed by atoms with Crippen LogP contribution in [-0.4, -0.2) is 28.8 Å². The van der Waals surface area contributed by atoms with Crippen molar-refractivity contribution in [3.8, 4) is 0 Å². The Kier molecular flexibility index (Phi) is 4.19. The molecule has 2 unspecified atom stereocenters. The number of halogens is 2. The zero-order valence-corrected chi connectivity index (χ0v) is 13.6. The molecule has 1 aromatic rings. The van der Waals surface area contributed by atoms with Gasteiger partial charge in [0.2, 0.25) is 5.91 Å². The molecule has 0 saturated heterocycles. The molecule has 1 heterocycles. The Hall–Kier alpha value is -2.18. The van der Waals surface area contributed by atoms with Gasteiger partial charge in [-0.2, -0.15) is 0 Å². The first-order valence-electron chi connectivity index (χ1n) is 7.51. The van der Waals surface area contributed by atoms with E-state index in [1.807, 2.05) is 0 Å². The Morgan fingerprint density at radius 3 is 2.83 bits per heavy atom. The topological polar surface area (TPSA) is 89.4 Å². The zero-order chi connectivity index (χ0) is 17.5. The van der Waals surface area contributed by atoms with E-state index in [-0.39, 0.29) is 24.7 Å². The van der Waals surface area contributed by atoms with Crippen molar-refractivity contribution in [3.05, 3.63) is 58.4 Å². The minimum atomic E-state index is -1.48. The number of nitrogens with zero attached hydrogens (tertiary/aromatic N) is 1. The van der Waals surface area contributed by atoms with Gasteiger partial charge >= 0.3 is 0 Å². The number of nitrogens with two attached hydrogens (primary N) is 2. The molecule has 4 N–H and O–H groups in total. The molecule has 2 amide bonds. The predicted octanol–water partition coefficient (Wildman–Crippen LogP) is 1.91. The number of hydrogen-bond donors (Lipinski definition) is 2. The summed E-state index contributed by atoms with van der Waals surface area (Å²) < 4.78 is 13.2. The molecule has 1 aromatic carbocycles. The van der Waals surface area contributed by atoms with E-state index in [9.17, 15) is 14.0 Å². The number of carbonyl (C=O) groups excluding carboxylic acids is 2. The number of hydrogen-bond acceptors (Lipinski definition) is 3. The number of fused-ring (bicyclic) bond motifs is 1. The van der Waals surface area contributed by atoms with Crippen LogP contribution in [0.2, 0.25) is 5.02 Å². The molecule has 0 fully saturated rings. The fraction of sp³-hybridized carbons (Fsp3) is 0.294. The summed E-state index contributed by atoms with van der Waals surface area (Å²) in [5.41, 5.74) is 11.6. The lowest BCUT2D eigenvalue weighted by molar-refractivity contribution is -0.125. The van der Waals surface area contributed by atoms with Crippen LogP contribution in [0.3, 0.4) is 0 Å².